The minimum absolute atomic E-state index is 0.0314. The minimum Gasteiger partial charge on any atom is -0.439 e. The maximum atomic E-state index is 14.4. The fraction of sp³-hybridized carbons (Fsp3) is 0.0417. The van der Waals surface area contributed by atoms with E-state index in [1.165, 1.54) is 42.5 Å². The number of aromatic amines is 1. The van der Waals surface area contributed by atoms with E-state index in [9.17, 15) is 22.4 Å². The summed E-state index contributed by atoms with van der Waals surface area (Å²) in [6.07, 6.45) is -3.82. The number of anilines is 1. The van der Waals surface area contributed by atoms with Gasteiger partial charge in [0.15, 0.2) is 0 Å². The summed E-state index contributed by atoms with van der Waals surface area (Å²) in [4.78, 5) is 20.7. The first kappa shape index (κ1) is 22.9. The van der Waals surface area contributed by atoms with Gasteiger partial charge in [-0.05, 0) is 60.7 Å². The van der Waals surface area contributed by atoms with Gasteiger partial charge in [0.05, 0.1) is 16.8 Å². The van der Waals surface area contributed by atoms with E-state index in [1.54, 1.807) is 12.1 Å². The molecule has 180 valence electrons. The highest BCUT2D eigenvalue weighted by molar-refractivity contribution is 6.05. The quantitative estimate of drug-likeness (QED) is 0.308. The predicted octanol–water partition coefficient (Wildman–Crippen LogP) is 5.62. The number of benzene rings is 2. The highest BCUT2D eigenvalue weighted by Crippen LogP contribution is 2.30. The van der Waals surface area contributed by atoms with E-state index in [0.717, 1.165) is 12.1 Å². The molecule has 3 heterocycles. The number of hydrogen-bond donors (Lipinski definition) is 2. The number of fused-ring (bicyclic) bond motifs is 1. The number of carbonyl (C=O) groups is 1. The van der Waals surface area contributed by atoms with Crippen LogP contribution in [0.15, 0.2) is 72.9 Å². The smallest absolute Gasteiger partial charge is 0.417 e. The van der Waals surface area contributed by atoms with E-state index >= 15 is 0 Å². The number of amides is 1. The zero-order valence-corrected chi connectivity index (χ0v) is 18.0. The summed E-state index contributed by atoms with van der Waals surface area (Å²) in [5.74, 6) is -1.15. The molecule has 1 amide bonds. The number of nitrogens with one attached hydrogen (secondary N) is 2. The topological polar surface area (TPSA) is 106 Å². The van der Waals surface area contributed by atoms with Crippen LogP contribution in [-0.4, -0.2) is 31.3 Å². The molecule has 5 aromatic rings. The van der Waals surface area contributed by atoms with Crippen LogP contribution in [0.5, 0.6) is 11.6 Å². The van der Waals surface area contributed by atoms with Crippen LogP contribution in [0.2, 0.25) is 0 Å². The van der Waals surface area contributed by atoms with Gasteiger partial charge in [-0.25, -0.2) is 14.4 Å². The van der Waals surface area contributed by atoms with Crippen LogP contribution in [0.4, 0.5) is 23.2 Å². The molecule has 0 bridgehead atoms. The van der Waals surface area contributed by atoms with Gasteiger partial charge in [-0.1, -0.05) is 0 Å². The first-order valence-electron chi connectivity index (χ1n) is 10.4. The van der Waals surface area contributed by atoms with E-state index < -0.39 is 23.5 Å². The lowest BCUT2D eigenvalue weighted by Crippen LogP contribution is -2.14. The molecule has 2 N–H and O–H groups in total. The Morgan fingerprint density at radius 1 is 0.944 bits per heavy atom. The van der Waals surface area contributed by atoms with E-state index in [-0.39, 0.29) is 17.2 Å². The number of alkyl halides is 3. The molecule has 0 atom stereocenters. The first-order valence-corrected chi connectivity index (χ1v) is 10.4. The summed E-state index contributed by atoms with van der Waals surface area (Å²) in [7, 11) is 0. The molecule has 0 unspecified atom stereocenters. The van der Waals surface area contributed by atoms with E-state index in [1.807, 2.05) is 0 Å². The molecule has 3 aromatic heterocycles. The van der Waals surface area contributed by atoms with Gasteiger partial charge in [0.2, 0.25) is 11.5 Å². The van der Waals surface area contributed by atoms with Gasteiger partial charge in [0.1, 0.15) is 17.1 Å². The van der Waals surface area contributed by atoms with Crippen molar-refractivity contribution in [1.82, 2.24) is 25.4 Å². The molecular formula is C24H14F4N6O2. The van der Waals surface area contributed by atoms with Gasteiger partial charge < -0.3 is 10.1 Å². The monoisotopic (exact) mass is 494 g/mol. The summed E-state index contributed by atoms with van der Waals surface area (Å²) < 4.78 is 57.8. The molecule has 0 fully saturated rings. The van der Waals surface area contributed by atoms with Crippen LogP contribution in [0.25, 0.3) is 22.4 Å². The van der Waals surface area contributed by atoms with Crippen molar-refractivity contribution in [3.63, 3.8) is 0 Å². The lowest BCUT2D eigenvalue weighted by molar-refractivity contribution is -0.137. The molecule has 2 aromatic carbocycles. The van der Waals surface area contributed by atoms with Gasteiger partial charge in [-0.15, -0.1) is 5.10 Å². The van der Waals surface area contributed by atoms with Gasteiger partial charge >= 0.3 is 6.18 Å². The molecule has 5 rings (SSSR count). The third kappa shape index (κ3) is 4.82. The van der Waals surface area contributed by atoms with Crippen LogP contribution in [0.3, 0.4) is 0 Å². The summed E-state index contributed by atoms with van der Waals surface area (Å²) >= 11 is 0. The van der Waals surface area contributed by atoms with Crippen molar-refractivity contribution in [2.75, 3.05) is 5.32 Å². The Hall–Kier alpha value is -4.87. The van der Waals surface area contributed by atoms with Gasteiger partial charge in [-0.3, -0.25) is 4.79 Å². The van der Waals surface area contributed by atoms with Crippen molar-refractivity contribution < 1.29 is 27.1 Å². The van der Waals surface area contributed by atoms with Gasteiger partial charge in [-0.2, -0.15) is 23.5 Å². The average molecular weight is 494 g/mol. The molecule has 0 saturated heterocycles. The van der Waals surface area contributed by atoms with Crippen LogP contribution < -0.4 is 10.1 Å². The average Bonchev–Trinajstić information content (AvgIpc) is 3.33. The van der Waals surface area contributed by atoms with Crippen molar-refractivity contribution in [3.05, 3.63) is 89.9 Å². The van der Waals surface area contributed by atoms with Crippen LogP contribution in [0.1, 0.15) is 15.9 Å². The number of carbonyl (C=O) groups excluding carboxylic acids is 1. The molecule has 0 aliphatic rings. The Morgan fingerprint density at radius 2 is 1.75 bits per heavy atom. The molecule has 8 nitrogen and oxygen atoms in total. The van der Waals surface area contributed by atoms with Crippen molar-refractivity contribution in [1.29, 1.82) is 0 Å². The summed E-state index contributed by atoms with van der Waals surface area (Å²) in [6, 6.07) is 15.4. The van der Waals surface area contributed by atoms with E-state index in [0.29, 0.717) is 34.3 Å². The van der Waals surface area contributed by atoms with Crippen LogP contribution in [0, 0.1) is 5.82 Å². The maximum absolute atomic E-state index is 14.4. The number of aromatic nitrogens is 5. The largest absolute Gasteiger partial charge is 0.439 e. The van der Waals surface area contributed by atoms with Gasteiger partial charge in [0, 0.05) is 23.5 Å². The number of hydrogen-bond acceptors (Lipinski definition) is 6. The number of pyridine rings is 2. The molecule has 0 spiro atoms. The predicted molar refractivity (Wildman–Crippen MR) is 121 cm³/mol. The summed E-state index contributed by atoms with van der Waals surface area (Å²) in [5, 5.41) is 12.9. The number of rotatable bonds is 5. The fourth-order valence-electron chi connectivity index (χ4n) is 3.29. The number of halogens is 4. The Kier molecular flexibility index (Phi) is 5.76. The van der Waals surface area contributed by atoms with Crippen molar-refractivity contribution in [2.24, 2.45) is 0 Å². The third-order valence-electron chi connectivity index (χ3n) is 5.09. The van der Waals surface area contributed by atoms with Gasteiger partial charge in [0.25, 0.3) is 5.91 Å². The molecule has 36 heavy (non-hydrogen) atoms. The highest BCUT2D eigenvalue weighted by Gasteiger charge is 2.30. The molecule has 12 heteroatoms. The minimum atomic E-state index is -4.49. The second kappa shape index (κ2) is 9.06. The third-order valence-corrected chi connectivity index (χ3v) is 5.09. The van der Waals surface area contributed by atoms with E-state index in [2.05, 4.69) is 30.7 Å². The highest BCUT2D eigenvalue weighted by atomic mass is 19.4. The Labute approximate surface area is 200 Å². The SMILES string of the molecule is O=C(Nc1ccc(Oc2ccc(C(F)(F)F)cn2)cc1)c1cc(-c2ccc3n[nH]nc3n2)ccc1F. The van der Waals surface area contributed by atoms with Crippen molar-refractivity contribution >= 4 is 22.8 Å². The lowest BCUT2D eigenvalue weighted by Gasteiger charge is -2.10. The number of H-pyrrole nitrogens is 1. The molecule has 0 saturated carbocycles. The number of nitrogens with zero attached hydrogens (tertiary/aromatic N) is 4. The lowest BCUT2D eigenvalue weighted by atomic mass is 10.1. The zero-order valence-electron chi connectivity index (χ0n) is 18.0. The normalized spacial score (nSPS) is 11.4. The van der Waals surface area contributed by atoms with Crippen molar-refractivity contribution in [3.8, 4) is 22.9 Å². The molecule has 0 aliphatic heterocycles. The van der Waals surface area contributed by atoms with Crippen LogP contribution in [-0.2, 0) is 6.18 Å². The zero-order chi connectivity index (χ0) is 25.3. The summed E-state index contributed by atoms with van der Waals surface area (Å²) in [5.41, 5.74) is 1.22. The van der Waals surface area contributed by atoms with Crippen LogP contribution >= 0.6 is 0 Å². The maximum Gasteiger partial charge on any atom is 0.417 e. The summed E-state index contributed by atoms with van der Waals surface area (Å²) in [6.45, 7) is 0. The molecule has 0 aliphatic carbocycles. The standard InChI is InChI=1S/C24H14F4N6O2/c25-18-7-1-13(19-8-9-20-22(31-19)33-34-32-20)11-17(18)23(35)30-15-3-5-16(6-4-15)36-21-10-2-14(12-29-21)24(26,27)28/h1-12H,(H,30,35)(H,31,32,33,34). The Morgan fingerprint density at radius 3 is 2.47 bits per heavy atom. The first-order chi connectivity index (χ1) is 17.3. The Bertz CT molecular complexity index is 1550. The van der Waals surface area contributed by atoms with E-state index in [4.69, 9.17) is 4.74 Å². The second-order valence-corrected chi connectivity index (χ2v) is 7.52. The van der Waals surface area contributed by atoms with Crippen molar-refractivity contribution in [2.45, 2.75) is 6.18 Å². The fourth-order valence-corrected chi connectivity index (χ4v) is 3.29. The molecular weight excluding hydrogens is 480 g/mol. The second-order valence-electron chi connectivity index (χ2n) is 7.52. The number of ether oxygens (including phenoxy) is 1. The Balaban J connectivity index is 1.29. The molecule has 0 radical (unpaired) electrons.